The molecule has 9 aromatic carbocycles. The van der Waals surface area contributed by atoms with Gasteiger partial charge in [-0.2, -0.15) is 0 Å². The van der Waals surface area contributed by atoms with Crippen LogP contribution in [0.4, 0.5) is 0 Å². The van der Waals surface area contributed by atoms with E-state index in [2.05, 4.69) is 0 Å². The summed E-state index contributed by atoms with van der Waals surface area (Å²) in [5.74, 6) is 6.18. The van der Waals surface area contributed by atoms with Crippen LogP contribution in [0.1, 0.15) is 75.1 Å². The maximum atomic E-state index is 13.9. The predicted octanol–water partition coefficient (Wildman–Crippen LogP) is 20.1. The number of ketones is 3. The molecule has 35 heteroatoms. The maximum Gasteiger partial charge on any atom is 0.239 e. The number of ether oxygens (including phenoxy) is 18. The largest absolute Gasteiger partial charge is 0.496 e. The Morgan fingerprint density at radius 1 is 0.321 bits per heavy atom. The molecule has 0 aliphatic carbocycles. The van der Waals surface area contributed by atoms with E-state index in [9.17, 15) is 43.2 Å². The Bertz CT molecular complexity index is 7030. The molecule has 0 atom stereocenters. The number of hydrogen-bond donors (Lipinski definition) is 0. The first-order valence-electron chi connectivity index (χ1n) is 42.3. The van der Waals surface area contributed by atoms with Crippen LogP contribution in [0.15, 0.2) is 188 Å². The number of methoxy groups -OCH3 is 12. The van der Waals surface area contributed by atoms with Gasteiger partial charge in [0.2, 0.25) is 48.9 Å². The van der Waals surface area contributed by atoms with Crippen LogP contribution >= 0.6 is 58.5 Å². The molecular weight excluding hydrogens is 1870 g/mol. The Morgan fingerprint density at radius 3 is 0.978 bits per heavy atom. The summed E-state index contributed by atoms with van der Waals surface area (Å²) >= 11 is 16.0. The average molecular weight is 1970 g/mol. The summed E-state index contributed by atoms with van der Waals surface area (Å²) in [5, 5.41) is 0.741. The molecule has 30 nitrogen and oxygen atoms in total. The van der Waals surface area contributed by atoms with Crippen LogP contribution in [0.3, 0.4) is 0 Å². The van der Waals surface area contributed by atoms with Crippen LogP contribution in [-0.4, -0.2) is 158 Å². The van der Waals surface area contributed by atoms with Crippen molar-refractivity contribution in [2.24, 2.45) is 0 Å². The predicted molar refractivity (Wildman–Crippen MR) is 523 cm³/mol. The highest BCUT2D eigenvalue weighted by Gasteiger charge is 2.34. The van der Waals surface area contributed by atoms with Crippen molar-refractivity contribution < 1.29 is 127 Å². The lowest BCUT2D eigenvalue weighted by Crippen LogP contribution is -2.16. The molecule has 714 valence electrons. The van der Waals surface area contributed by atoms with Crippen LogP contribution in [0, 0.1) is 6.92 Å². The lowest BCUT2D eigenvalue weighted by Gasteiger charge is -2.16. The minimum atomic E-state index is -0.454. The van der Waals surface area contributed by atoms with Crippen molar-refractivity contribution in [3.8, 4) is 137 Å². The molecule has 3 aliphatic rings. The molecular formula is C102H94Cl2O30S3. The van der Waals surface area contributed by atoms with Gasteiger partial charge in [0, 0.05) is 53.1 Å². The number of benzene rings is 9. The van der Waals surface area contributed by atoms with Gasteiger partial charge < -0.3 is 98.5 Å². The highest BCUT2D eigenvalue weighted by molar-refractivity contribution is 8.19. The Morgan fingerprint density at radius 2 is 0.650 bits per heavy atom. The maximum absolute atomic E-state index is 13.9. The molecule has 0 bridgehead atoms. The van der Waals surface area contributed by atoms with Crippen LogP contribution in [-0.2, 0) is 28.8 Å². The second kappa shape index (κ2) is 45.5. The molecule has 0 spiro atoms. The summed E-state index contributed by atoms with van der Waals surface area (Å²) in [5.41, 5.74) is 6.39. The monoisotopic (exact) mass is 1960 g/mol. The van der Waals surface area contributed by atoms with E-state index in [-0.39, 0.29) is 176 Å². The fourth-order valence-electron chi connectivity index (χ4n) is 15.1. The summed E-state index contributed by atoms with van der Waals surface area (Å²) in [7, 11) is 18.0. The van der Waals surface area contributed by atoms with E-state index in [1.165, 1.54) is 85.3 Å². The molecule has 0 unspecified atom stereocenters. The molecule has 3 fully saturated rings. The molecule has 0 saturated carbocycles. The number of halogens is 2. The number of rotatable bonds is 35. The third kappa shape index (κ3) is 22.4. The third-order valence-corrected chi connectivity index (χ3v) is 25.6. The number of aryl methyl sites for hydroxylation is 1. The first-order valence-corrected chi connectivity index (χ1v) is 45.5. The topological polar surface area (TPSA) is 359 Å². The van der Waals surface area contributed by atoms with E-state index in [0.29, 0.717) is 128 Å². The summed E-state index contributed by atoms with van der Waals surface area (Å²) < 4.78 is 120. The van der Waals surface area contributed by atoms with E-state index in [1.54, 1.807) is 134 Å². The Balaban J connectivity index is 0.000000174. The van der Waals surface area contributed by atoms with E-state index < -0.39 is 16.3 Å². The smallest absolute Gasteiger partial charge is 0.239 e. The number of allylic oxidation sites excluding steroid dienone is 6. The summed E-state index contributed by atoms with van der Waals surface area (Å²) in [6, 6.07) is 40.8. The quantitative estimate of drug-likeness (QED) is 0.0202. The number of thioether (sulfide) groups is 3. The van der Waals surface area contributed by atoms with Crippen molar-refractivity contribution in [3.05, 3.63) is 223 Å². The van der Waals surface area contributed by atoms with Gasteiger partial charge in [0.05, 0.1) is 129 Å². The van der Waals surface area contributed by atoms with Gasteiger partial charge in [-0.25, -0.2) is 0 Å². The van der Waals surface area contributed by atoms with Crippen LogP contribution in [0.25, 0.3) is 83.6 Å². The van der Waals surface area contributed by atoms with Crippen molar-refractivity contribution in [2.45, 2.75) is 59.8 Å². The van der Waals surface area contributed by atoms with Gasteiger partial charge in [-0.1, -0.05) is 54.7 Å². The molecule has 0 amide bonds. The molecule has 6 heterocycles. The molecule has 3 saturated heterocycles. The highest BCUT2D eigenvalue weighted by atomic mass is 35.5. The Kier molecular flexibility index (Phi) is 33.3. The fraction of sp³-hybridized carbons (Fsp3) is 0.265. The van der Waals surface area contributed by atoms with Crippen LogP contribution in [0.5, 0.6) is 103 Å². The standard InChI is InChI=1S/C35H33ClO10S.C34H32O10S.C33H29ClO10S/c1-6-7-22(35-24(37)18-30(38)47-35)19-8-10-25(23(36)14-19)44-12-13-45-34-32(39)31-28(43-5)16-21(40-2)17-29(31)46-33(34)20-9-11-26(41-3)27(15-20)42-4;1-18-13-21(8-9-23(18)19(2)34-24(35)17-29(36)45-34)42-11-12-43-33-31(37)30-27(41-6)15-22(38-3)16-28(30)44-32(33)20-7-10-25(39-4)26(14-20)40-5;1-17(33-22(35)16-28(36)45-33)18-6-8-23(21(34)12-18)42-10-11-43-32-30(37)29-26(41-5)14-20(38-2)15-27(29)44-31(32)19-7-9-24(39-3)25(13-19)40-4/h8-11,14-17H,6-7,12-13,18H2,1-5H3;7-10,13-16H,11-12,17H2,1-6H3;6-9,12-15H,10-11,16H2,1-5H3/b35-22-;34-19-;33-17-. The number of fused-ring (bicyclic) bond motifs is 3. The lowest BCUT2D eigenvalue weighted by atomic mass is 9.99. The molecule has 137 heavy (non-hydrogen) atoms. The highest BCUT2D eigenvalue weighted by Crippen LogP contribution is 2.47. The van der Waals surface area contributed by atoms with E-state index in [4.69, 9.17) is 122 Å². The first-order chi connectivity index (χ1) is 66.1. The van der Waals surface area contributed by atoms with Gasteiger partial charge in [0.1, 0.15) is 124 Å². The zero-order valence-electron chi connectivity index (χ0n) is 77.4. The molecule has 12 aromatic rings. The summed E-state index contributed by atoms with van der Waals surface area (Å²) in [4.78, 5) is 115. The average Bonchev–Trinajstić information content (AvgIpc) is 1.53. The minimum absolute atomic E-state index is 0.0200. The zero-order valence-corrected chi connectivity index (χ0v) is 81.3. The second-order valence-electron chi connectivity index (χ2n) is 30.1. The second-order valence-corrected chi connectivity index (χ2v) is 34.1. The van der Waals surface area contributed by atoms with Crippen molar-refractivity contribution in [2.75, 3.05) is 125 Å². The number of hydrogen-bond acceptors (Lipinski definition) is 33. The third-order valence-electron chi connectivity index (χ3n) is 21.8. The molecule has 3 aliphatic heterocycles. The SMILES string of the molecule is CCC/C(=C1/SC(=O)CC1=O)c1ccc(OCCOc2c(-c3ccc(OC)c(OC)c3)oc3cc(OC)cc(OC)c3c2=O)c(Cl)c1.COc1cc(OC)c2c(=O)c(OCCOc3ccc(/C(C)=C4\SC(=O)CC4=O)c(C)c3)c(-c3ccc(OC)c(OC)c3)oc2c1.COc1cc(OC)c2c(=O)c(OCCOc3ccc(/C(C)=C4\SC(=O)CC4=O)cc3Cl)c(-c3ccc(OC)c(OC)c3)oc2c1. The lowest BCUT2D eigenvalue weighted by molar-refractivity contribution is -0.120. The van der Waals surface area contributed by atoms with Crippen molar-refractivity contribution in [3.63, 3.8) is 0 Å². The van der Waals surface area contributed by atoms with E-state index in [0.717, 1.165) is 69.5 Å². The van der Waals surface area contributed by atoms with E-state index >= 15 is 0 Å². The first kappa shape index (κ1) is 100. The fourth-order valence-corrected chi connectivity index (χ4v) is 18.3. The van der Waals surface area contributed by atoms with Gasteiger partial charge in [-0.05, 0) is 192 Å². The Labute approximate surface area is 808 Å². The number of Topliss-reactive ketones (excluding diaryl/α,β-unsaturated/α-hetero) is 3. The van der Waals surface area contributed by atoms with Gasteiger partial charge in [-0.3, -0.25) is 43.2 Å². The summed E-state index contributed by atoms with van der Waals surface area (Å²) in [6.45, 7) is 7.65. The zero-order chi connectivity index (χ0) is 98.2. The van der Waals surface area contributed by atoms with Gasteiger partial charge >= 0.3 is 0 Å². The van der Waals surface area contributed by atoms with Gasteiger partial charge in [-0.15, -0.1) is 0 Å². The van der Waals surface area contributed by atoms with Crippen LogP contribution in [0.2, 0.25) is 10.0 Å². The molecule has 0 N–H and O–H groups in total. The van der Waals surface area contributed by atoms with E-state index in [1.807, 2.05) is 39.0 Å². The number of carbonyl (C=O) groups is 6. The molecule has 15 rings (SSSR count). The Hall–Kier alpha value is -14.1. The van der Waals surface area contributed by atoms with Crippen molar-refractivity contribution in [1.82, 2.24) is 0 Å². The normalized spacial score (nSPS) is 14.0. The number of carbonyl (C=O) groups excluding carboxylic acids is 6. The molecule has 0 radical (unpaired) electrons. The van der Waals surface area contributed by atoms with Gasteiger partial charge in [0.25, 0.3) is 0 Å². The van der Waals surface area contributed by atoms with Gasteiger partial charge in [0.15, 0.2) is 69.1 Å². The van der Waals surface area contributed by atoms with Crippen LogP contribution < -0.4 is 102 Å². The minimum Gasteiger partial charge on any atom is -0.496 e. The molecule has 3 aromatic heterocycles. The van der Waals surface area contributed by atoms with Crippen molar-refractivity contribution in [1.29, 1.82) is 0 Å². The summed E-state index contributed by atoms with van der Waals surface area (Å²) in [6.07, 6.45) is 1.16. The van der Waals surface area contributed by atoms with Crippen molar-refractivity contribution >= 4 is 141 Å².